The summed E-state index contributed by atoms with van der Waals surface area (Å²) in [6, 6.07) is 13.9. The first-order chi connectivity index (χ1) is 8.69. The van der Waals surface area contributed by atoms with Crippen LogP contribution in [0.1, 0.15) is 5.56 Å². The fraction of sp³-hybridized carbons (Fsp3) is 0.143. The Hall–Kier alpha value is -0.750. The molecule has 2 aromatic carbocycles. The largest absolute Gasteiger partial charge is 0.496 e. The molecule has 0 fully saturated rings. The second-order valence-corrected chi connectivity index (χ2v) is 5.86. The third kappa shape index (κ3) is 3.62. The molecule has 0 heterocycles. The molecule has 2 rings (SSSR count). The summed E-state index contributed by atoms with van der Waals surface area (Å²) in [5.74, 6) is 1.70. The van der Waals surface area contributed by atoms with Gasteiger partial charge in [0, 0.05) is 13.6 Å². The lowest BCUT2D eigenvalue weighted by atomic mass is 10.2. The van der Waals surface area contributed by atoms with Gasteiger partial charge in [-0.3, -0.25) is 0 Å². The molecule has 0 saturated carbocycles. The Morgan fingerprint density at radius 1 is 1.11 bits per heavy atom. The van der Waals surface area contributed by atoms with E-state index in [-0.39, 0.29) is 0 Å². The van der Waals surface area contributed by atoms with Crippen molar-refractivity contribution in [2.24, 2.45) is 0 Å². The number of benzene rings is 2. The van der Waals surface area contributed by atoms with Crippen molar-refractivity contribution in [2.75, 3.05) is 7.11 Å². The van der Waals surface area contributed by atoms with E-state index in [0.717, 1.165) is 21.5 Å². The summed E-state index contributed by atoms with van der Waals surface area (Å²) < 4.78 is 13.3. The highest BCUT2D eigenvalue weighted by molar-refractivity contribution is 14.1. The smallest absolute Gasteiger partial charge is 0.125 e. The molecular weight excluding hydrogens is 407 g/mol. The minimum atomic E-state index is 0.489. The molecule has 18 heavy (non-hydrogen) atoms. The van der Waals surface area contributed by atoms with Crippen molar-refractivity contribution >= 4 is 38.5 Å². The summed E-state index contributed by atoms with van der Waals surface area (Å²) in [6.07, 6.45) is 0. The van der Waals surface area contributed by atoms with Gasteiger partial charge in [-0.05, 0) is 65.1 Å². The molecule has 0 saturated heterocycles. The molecule has 0 aliphatic carbocycles. The first-order valence-corrected chi connectivity index (χ1v) is 7.27. The summed E-state index contributed by atoms with van der Waals surface area (Å²) in [4.78, 5) is 0. The van der Waals surface area contributed by atoms with Gasteiger partial charge >= 0.3 is 0 Å². The zero-order valence-electron chi connectivity index (χ0n) is 9.82. The third-order valence-corrected chi connectivity index (χ3v) is 3.66. The molecule has 0 aliphatic heterocycles. The van der Waals surface area contributed by atoms with Crippen LogP contribution >= 0.6 is 38.5 Å². The number of hydrogen-bond donors (Lipinski definition) is 0. The van der Waals surface area contributed by atoms with Crippen LogP contribution in [0.3, 0.4) is 0 Å². The average molecular weight is 419 g/mol. The number of halogens is 2. The Bertz CT molecular complexity index is 526. The van der Waals surface area contributed by atoms with Crippen LogP contribution in [0, 0.1) is 3.57 Å². The number of hydrogen-bond acceptors (Lipinski definition) is 2. The minimum Gasteiger partial charge on any atom is -0.496 e. The lowest BCUT2D eigenvalue weighted by molar-refractivity contribution is 0.296. The van der Waals surface area contributed by atoms with Crippen LogP contribution in [0.2, 0.25) is 0 Å². The van der Waals surface area contributed by atoms with Crippen molar-refractivity contribution in [1.82, 2.24) is 0 Å². The van der Waals surface area contributed by atoms with Crippen molar-refractivity contribution in [1.29, 1.82) is 0 Å². The van der Waals surface area contributed by atoms with E-state index < -0.39 is 0 Å². The highest BCUT2D eigenvalue weighted by Crippen LogP contribution is 2.24. The van der Waals surface area contributed by atoms with E-state index >= 15 is 0 Å². The van der Waals surface area contributed by atoms with Crippen LogP contribution in [0.4, 0.5) is 0 Å². The molecule has 0 atom stereocenters. The predicted molar refractivity (Wildman–Crippen MR) is 84.2 cm³/mol. The van der Waals surface area contributed by atoms with Crippen molar-refractivity contribution < 1.29 is 9.47 Å². The topological polar surface area (TPSA) is 18.5 Å². The highest BCUT2D eigenvalue weighted by atomic mass is 127. The van der Waals surface area contributed by atoms with Gasteiger partial charge in [0.1, 0.15) is 18.1 Å². The molecule has 0 radical (unpaired) electrons. The van der Waals surface area contributed by atoms with E-state index in [4.69, 9.17) is 9.47 Å². The fourth-order valence-electron chi connectivity index (χ4n) is 1.55. The SMILES string of the molecule is COc1ccc(Br)cc1COc1ccc(I)cc1. The number of ether oxygens (including phenoxy) is 2. The van der Waals surface area contributed by atoms with Gasteiger partial charge in [0.15, 0.2) is 0 Å². The van der Waals surface area contributed by atoms with E-state index in [1.807, 2.05) is 42.5 Å². The Morgan fingerprint density at radius 2 is 1.83 bits per heavy atom. The molecule has 0 spiro atoms. The lowest BCUT2D eigenvalue weighted by Gasteiger charge is -2.10. The molecule has 0 bridgehead atoms. The summed E-state index contributed by atoms with van der Waals surface area (Å²) in [7, 11) is 1.66. The lowest BCUT2D eigenvalue weighted by Crippen LogP contribution is -1.98. The second kappa shape index (κ2) is 6.43. The van der Waals surface area contributed by atoms with Crippen molar-refractivity contribution in [3.8, 4) is 11.5 Å². The van der Waals surface area contributed by atoms with Gasteiger partial charge < -0.3 is 9.47 Å². The molecule has 0 N–H and O–H groups in total. The standard InChI is InChI=1S/C14H12BrIO2/c1-17-14-7-2-11(15)8-10(14)9-18-13-5-3-12(16)4-6-13/h2-8H,9H2,1H3. The molecular formula is C14H12BrIO2. The van der Waals surface area contributed by atoms with Crippen molar-refractivity contribution in [3.05, 3.63) is 56.1 Å². The summed E-state index contributed by atoms with van der Waals surface area (Å²) >= 11 is 5.72. The van der Waals surface area contributed by atoms with Gasteiger partial charge in [-0.15, -0.1) is 0 Å². The van der Waals surface area contributed by atoms with Gasteiger partial charge in [-0.2, -0.15) is 0 Å². The Morgan fingerprint density at radius 3 is 2.50 bits per heavy atom. The minimum absolute atomic E-state index is 0.489. The normalized spacial score (nSPS) is 10.2. The van der Waals surface area contributed by atoms with Crippen molar-refractivity contribution in [2.45, 2.75) is 6.61 Å². The molecule has 0 aliphatic rings. The van der Waals surface area contributed by atoms with Gasteiger partial charge in [-0.1, -0.05) is 15.9 Å². The Labute approximate surface area is 129 Å². The van der Waals surface area contributed by atoms with Gasteiger partial charge in [0.25, 0.3) is 0 Å². The maximum absolute atomic E-state index is 5.74. The van der Waals surface area contributed by atoms with Gasteiger partial charge in [0.2, 0.25) is 0 Å². The first kappa shape index (κ1) is 13.7. The third-order valence-electron chi connectivity index (χ3n) is 2.45. The van der Waals surface area contributed by atoms with E-state index in [0.29, 0.717) is 6.61 Å². The van der Waals surface area contributed by atoms with E-state index in [1.165, 1.54) is 3.57 Å². The molecule has 0 amide bonds. The van der Waals surface area contributed by atoms with E-state index in [9.17, 15) is 0 Å². The molecule has 4 heteroatoms. The van der Waals surface area contributed by atoms with Gasteiger partial charge in [0.05, 0.1) is 7.11 Å². The molecule has 2 aromatic rings. The Balaban J connectivity index is 2.09. The van der Waals surface area contributed by atoms with Crippen LogP contribution in [0.15, 0.2) is 46.9 Å². The number of methoxy groups -OCH3 is 1. The van der Waals surface area contributed by atoms with Crippen LogP contribution in [-0.4, -0.2) is 7.11 Å². The second-order valence-electron chi connectivity index (χ2n) is 3.70. The molecule has 0 aromatic heterocycles. The molecule has 94 valence electrons. The zero-order chi connectivity index (χ0) is 13.0. The summed E-state index contributed by atoms with van der Waals surface area (Å²) in [5.41, 5.74) is 1.02. The Kier molecular flexibility index (Phi) is 4.88. The van der Waals surface area contributed by atoms with E-state index in [2.05, 4.69) is 38.5 Å². The van der Waals surface area contributed by atoms with Crippen LogP contribution in [0.5, 0.6) is 11.5 Å². The number of rotatable bonds is 4. The quantitative estimate of drug-likeness (QED) is 0.673. The molecule has 2 nitrogen and oxygen atoms in total. The van der Waals surface area contributed by atoms with Crippen molar-refractivity contribution in [3.63, 3.8) is 0 Å². The summed E-state index contributed by atoms with van der Waals surface area (Å²) in [5, 5.41) is 0. The maximum atomic E-state index is 5.74. The van der Waals surface area contributed by atoms with Crippen LogP contribution in [0.25, 0.3) is 0 Å². The highest BCUT2D eigenvalue weighted by Gasteiger charge is 2.04. The summed E-state index contributed by atoms with van der Waals surface area (Å²) in [6.45, 7) is 0.489. The first-order valence-electron chi connectivity index (χ1n) is 5.40. The molecule has 0 unspecified atom stereocenters. The van der Waals surface area contributed by atoms with Crippen LogP contribution < -0.4 is 9.47 Å². The van der Waals surface area contributed by atoms with Crippen LogP contribution in [-0.2, 0) is 6.61 Å². The van der Waals surface area contributed by atoms with Gasteiger partial charge in [-0.25, -0.2) is 0 Å². The monoisotopic (exact) mass is 418 g/mol. The average Bonchev–Trinajstić information content (AvgIpc) is 2.38. The van der Waals surface area contributed by atoms with E-state index in [1.54, 1.807) is 7.11 Å². The zero-order valence-corrected chi connectivity index (χ0v) is 13.6. The maximum Gasteiger partial charge on any atom is 0.125 e. The fourth-order valence-corrected chi connectivity index (χ4v) is 2.32. The predicted octanol–water partition coefficient (Wildman–Crippen LogP) is 4.64.